The Morgan fingerprint density at radius 3 is 2.75 bits per heavy atom. The lowest BCUT2D eigenvalue weighted by atomic mass is 10.1. The molecule has 4 aliphatic rings. The second-order valence-electron chi connectivity index (χ2n) is 7.89. The predicted molar refractivity (Wildman–Crippen MR) is 119 cm³/mol. The van der Waals surface area contributed by atoms with Crippen LogP contribution in [0.1, 0.15) is 0 Å². The summed E-state index contributed by atoms with van der Waals surface area (Å²) in [6, 6.07) is 13.6. The zero-order valence-electron chi connectivity index (χ0n) is 17.7. The molecule has 0 saturated carbocycles. The fraction of sp³-hybridized carbons (Fsp3) is 0.391. The van der Waals surface area contributed by atoms with Crippen LogP contribution in [-0.4, -0.2) is 70.1 Å². The molecule has 0 amide bonds. The van der Waals surface area contributed by atoms with E-state index in [1.807, 2.05) is 42.5 Å². The molecule has 166 valence electrons. The van der Waals surface area contributed by atoms with Crippen LogP contribution in [0, 0.1) is 0 Å². The van der Waals surface area contributed by atoms with E-state index in [0.29, 0.717) is 37.0 Å². The van der Waals surface area contributed by atoms with Crippen LogP contribution < -0.4 is 29.2 Å². The molecule has 0 radical (unpaired) electrons. The summed E-state index contributed by atoms with van der Waals surface area (Å²) in [6.45, 7) is 3.53. The molecule has 9 heteroatoms. The first-order chi connectivity index (χ1) is 15.8. The van der Waals surface area contributed by atoms with Crippen molar-refractivity contribution in [2.24, 2.45) is 9.98 Å². The van der Waals surface area contributed by atoms with Crippen LogP contribution in [0.2, 0.25) is 0 Å². The van der Waals surface area contributed by atoms with Crippen LogP contribution in [0.25, 0.3) is 0 Å². The molecular weight excluding hydrogens is 412 g/mol. The van der Waals surface area contributed by atoms with Gasteiger partial charge in [0, 0.05) is 32.0 Å². The average molecular weight is 436 g/mol. The van der Waals surface area contributed by atoms with Gasteiger partial charge in [-0.05, 0) is 24.3 Å². The predicted octanol–water partition coefficient (Wildman–Crippen LogP) is 1.86. The van der Waals surface area contributed by atoms with Gasteiger partial charge in [-0.3, -0.25) is 9.98 Å². The van der Waals surface area contributed by atoms with Crippen LogP contribution in [0.15, 0.2) is 52.4 Å². The summed E-state index contributed by atoms with van der Waals surface area (Å²) in [4.78, 5) is 11.3. The van der Waals surface area contributed by atoms with E-state index in [2.05, 4.69) is 15.2 Å². The molecule has 2 aromatic rings. The van der Waals surface area contributed by atoms with E-state index >= 15 is 0 Å². The van der Waals surface area contributed by atoms with Gasteiger partial charge in [-0.15, -0.1) is 0 Å². The lowest BCUT2D eigenvalue weighted by molar-refractivity contribution is -0.145. The third-order valence-corrected chi connectivity index (χ3v) is 5.97. The van der Waals surface area contributed by atoms with Gasteiger partial charge in [0.05, 0.1) is 13.1 Å². The molecule has 2 unspecified atom stereocenters. The Kier molecular flexibility index (Phi) is 4.57. The van der Waals surface area contributed by atoms with E-state index in [0.717, 1.165) is 36.1 Å². The molecule has 0 fully saturated rings. The van der Waals surface area contributed by atoms with E-state index in [1.165, 1.54) is 0 Å². The highest BCUT2D eigenvalue weighted by molar-refractivity contribution is 6.03. The molecule has 4 heterocycles. The highest BCUT2D eigenvalue weighted by atomic mass is 16.7. The quantitative estimate of drug-likeness (QED) is 0.783. The van der Waals surface area contributed by atoms with Crippen LogP contribution >= 0.6 is 0 Å². The van der Waals surface area contributed by atoms with Crippen molar-refractivity contribution in [1.82, 2.24) is 5.32 Å². The van der Waals surface area contributed by atoms with E-state index < -0.39 is 5.79 Å². The van der Waals surface area contributed by atoms with Crippen molar-refractivity contribution in [2.45, 2.75) is 11.9 Å². The third-order valence-electron chi connectivity index (χ3n) is 5.97. The number of ether oxygens (including phenoxy) is 5. The van der Waals surface area contributed by atoms with E-state index in [4.69, 9.17) is 28.7 Å². The van der Waals surface area contributed by atoms with Gasteiger partial charge in [0.2, 0.25) is 0 Å². The summed E-state index contributed by atoms with van der Waals surface area (Å²) in [5, 5.41) is 3.24. The number of amidine groups is 2. The Labute approximate surface area is 185 Å². The number of rotatable bonds is 4. The van der Waals surface area contributed by atoms with Gasteiger partial charge in [-0.1, -0.05) is 12.1 Å². The SMILES string of the molecule is COC1(C2=NCCN2)COc2ccc(N3CCN=C3C3COc4ccccc4O3)cc2O1. The molecule has 2 aromatic carbocycles. The monoisotopic (exact) mass is 436 g/mol. The number of benzene rings is 2. The smallest absolute Gasteiger partial charge is 0.303 e. The number of aliphatic imine (C=N–C) groups is 2. The van der Waals surface area contributed by atoms with Crippen molar-refractivity contribution in [3.63, 3.8) is 0 Å². The standard InChI is InChI=1S/C23H24N4O5/c1-28-23(22-25-8-9-26-22)14-30-17-7-6-15(12-19(17)32-23)27-11-10-24-21(27)20-13-29-16-4-2-3-5-18(16)31-20/h2-7,12,20H,8-11,13-14H2,1H3,(H,25,26). The van der Waals surface area contributed by atoms with E-state index in [-0.39, 0.29) is 12.7 Å². The normalized spacial score (nSPS) is 25.8. The fourth-order valence-corrected chi connectivity index (χ4v) is 4.36. The number of anilines is 1. The van der Waals surface area contributed by atoms with Crippen molar-refractivity contribution in [1.29, 1.82) is 0 Å². The summed E-state index contributed by atoms with van der Waals surface area (Å²) in [7, 11) is 1.60. The second-order valence-corrected chi connectivity index (χ2v) is 7.89. The van der Waals surface area contributed by atoms with Crippen LogP contribution in [0.5, 0.6) is 23.0 Å². The van der Waals surface area contributed by atoms with E-state index in [9.17, 15) is 0 Å². The average Bonchev–Trinajstić information content (AvgIpc) is 3.56. The van der Waals surface area contributed by atoms with Gasteiger partial charge in [-0.2, -0.15) is 0 Å². The lowest BCUT2D eigenvalue weighted by Crippen LogP contribution is -2.57. The van der Waals surface area contributed by atoms with Gasteiger partial charge in [0.25, 0.3) is 0 Å². The van der Waals surface area contributed by atoms with Crippen molar-refractivity contribution in [3.05, 3.63) is 42.5 Å². The molecule has 4 aliphatic heterocycles. The van der Waals surface area contributed by atoms with Crippen molar-refractivity contribution in [3.8, 4) is 23.0 Å². The topological polar surface area (TPSA) is 86.1 Å². The minimum absolute atomic E-state index is 0.227. The molecule has 1 N–H and O–H groups in total. The van der Waals surface area contributed by atoms with Gasteiger partial charge < -0.3 is 33.9 Å². The van der Waals surface area contributed by atoms with Gasteiger partial charge in [-0.25, -0.2) is 0 Å². The van der Waals surface area contributed by atoms with Crippen LogP contribution in [0.4, 0.5) is 5.69 Å². The van der Waals surface area contributed by atoms with E-state index in [1.54, 1.807) is 7.11 Å². The number of para-hydroxylation sites is 2. The molecule has 32 heavy (non-hydrogen) atoms. The Morgan fingerprint density at radius 2 is 1.91 bits per heavy atom. The summed E-state index contributed by atoms with van der Waals surface area (Å²) < 4.78 is 30.1. The minimum atomic E-state index is -1.08. The molecule has 0 aliphatic carbocycles. The van der Waals surface area contributed by atoms with Crippen LogP contribution in [0.3, 0.4) is 0 Å². The van der Waals surface area contributed by atoms with Gasteiger partial charge in [0.15, 0.2) is 41.5 Å². The number of methoxy groups -OCH3 is 1. The molecule has 2 atom stereocenters. The largest absolute Gasteiger partial charge is 0.485 e. The molecule has 0 spiro atoms. The maximum atomic E-state index is 6.32. The van der Waals surface area contributed by atoms with Crippen molar-refractivity contribution in [2.75, 3.05) is 51.4 Å². The first-order valence-electron chi connectivity index (χ1n) is 10.8. The number of nitrogens with one attached hydrogen (secondary N) is 1. The third kappa shape index (κ3) is 3.12. The number of hydrogen-bond donors (Lipinski definition) is 1. The summed E-state index contributed by atoms with van der Waals surface area (Å²) in [5.41, 5.74) is 0.944. The van der Waals surface area contributed by atoms with Crippen LogP contribution in [-0.2, 0) is 4.74 Å². The van der Waals surface area contributed by atoms with Crippen molar-refractivity contribution < 1.29 is 23.7 Å². The lowest BCUT2D eigenvalue weighted by Gasteiger charge is -2.37. The summed E-state index contributed by atoms with van der Waals surface area (Å²) in [5.74, 6) is 3.19. The maximum Gasteiger partial charge on any atom is 0.303 e. The Hall–Kier alpha value is -3.46. The molecular formula is C23H24N4O5. The Morgan fingerprint density at radius 1 is 1.03 bits per heavy atom. The number of hydrogen-bond acceptors (Lipinski definition) is 9. The number of fused-ring (bicyclic) bond motifs is 2. The molecule has 0 aromatic heterocycles. The first kappa shape index (κ1) is 19.2. The second kappa shape index (κ2) is 7.59. The molecule has 0 bridgehead atoms. The minimum Gasteiger partial charge on any atom is -0.485 e. The van der Waals surface area contributed by atoms with Crippen molar-refractivity contribution >= 4 is 17.4 Å². The Balaban J connectivity index is 1.26. The highest BCUT2D eigenvalue weighted by Gasteiger charge is 2.45. The van der Waals surface area contributed by atoms with Gasteiger partial charge >= 0.3 is 5.79 Å². The maximum absolute atomic E-state index is 6.32. The zero-order chi connectivity index (χ0) is 21.5. The summed E-state index contributed by atoms with van der Waals surface area (Å²) >= 11 is 0. The first-order valence-corrected chi connectivity index (χ1v) is 10.8. The zero-order valence-corrected chi connectivity index (χ0v) is 17.7. The molecule has 9 nitrogen and oxygen atoms in total. The Bertz CT molecular complexity index is 1100. The van der Waals surface area contributed by atoms with Gasteiger partial charge in [0.1, 0.15) is 12.4 Å². The number of nitrogens with zero attached hydrogens (tertiary/aromatic N) is 3. The fourth-order valence-electron chi connectivity index (χ4n) is 4.36. The highest BCUT2D eigenvalue weighted by Crippen LogP contribution is 2.40. The summed E-state index contributed by atoms with van der Waals surface area (Å²) in [6.07, 6.45) is -0.282. The molecule has 0 saturated heterocycles. The molecule has 6 rings (SSSR count).